The lowest BCUT2D eigenvalue weighted by molar-refractivity contribution is 0.0594. The molecule has 7 heteroatoms. The monoisotopic (exact) mass is 290 g/mol. The maximum Gasteiger partial charge on any atom is 0.356 e. The first-order chi connectivity index (χ1) is 10.0. The highest BCUT2D eigenvalue weighted by Gasteiger charge is 2.20. The summed E-state index contributed by atoms with van der Waals surface area (Å²) in [7, 11) is 3.92. The van der Waals surface area contributed by atoms with E-state index in [1.165, 1.54) is 33.5 Å². The first kappa shape index (κ1) is 14.6. The fraction of sp³-hybridized carbons (Fsp3) is 0.214. The van der Waals surface area contributed by atoms with Gasteiger partial charge in [0.1, 0.15) is 11.4 Å². The van der Waals surface area contributed by atoms with Gasteiger partial charge in [-0.15, -0.1) is 0 Å². The highest BCUT2D eigenvalue weighted by Crippen LogP contribution is 2.31. The highest BCUT2D eigenvalue weighted by molar-refractivity contribution is 6.08. The van der Waals surface area contributed by atoms with Gasteiger partial charge in [0.05, 0.1) is 37.8 Å². The fourth-order valence-electron chi connectivity index (χ4n) is 1.99. The quantitative estimate of drug-likeness (QED) is 0.673. The third-order valence-corrected chi connectivity index (χ3v) is 2.91. The minimum Gasteiger partial charge on any atom is -0.496 e. The van der Waals surface area contributed by atoms with Crippen molar-refractivity contribution < 1.29 is 23.8 Å². The van der Waals surface area contributed by atoms with Crippen LogP contribution in [0.3, 0.4) is 0 Å². The Morgan fingerprint density at radius 1 is 1.05 bits per heavy atom. The molecule has 1 aromatic heterocycles. The standard InChI is InChI=1S/C14H14N2O5/c1-19-11-5-7(15)4-9-12(11)8(13(17)20-2)6-10(16-9)14(18)21-3/h4-6H,15H2,1-3H3. The molecule has 2 N–H and O–H groups in total. The number of anilines is 1. The molecule has 0 spiro atoms. The van der Waals surface area contributed by atoms with Gasteiger partial charge in [-0.1, -0.05) is 0 Å². The molecule has 21 heavy (non-hydrogen) atoms. The van der Waals surface area contributed by atoms with Gasteiger partial charge in [0.15, 0.2) is 0 Å². The van der Waals surface area contributed by atoms with Crippen molar-refractivity contribution in [2.75, 3.05) is 27.1 Å². The van der Waals surface area contributed by atoms with Crippen LogP contribution in [-0.2, 0) is 9.47 Å². The van der Waals surface area contributed by atoms with Crippen molar-refractivity contribution >= 4 is 28.5 Å². The van der Waals surface area contributed by atoms with E-state index in [0.717, 1.165) is 0 Å². The number of benzene rings is 1. The number of nitrogens with two attached hydrogens (primary N) is 1. The number of nitrogens with zero attached hydrogens (tertiary/aromatic N) is 1. The SMILES string of the molecule is COC(=O)c1cc(C(=O)OC)c2c(OC)cc(N)cc2n1. The second kappa shape index (κ2) is 5.66. The summed E-state index contributed by atoms with van der Waals surface area (Å²) in [4.78, 5) is 27.8. The molecule has 0 aliphatic heterocycles. The molecular formula is C14H14N2O5. The van der Waals surface area contributed by atoms with Crippen LogP contribution < -0.4 is 10.5 Å². The van der Waals surface area contributed by atoms with Crippen molar-refractivity contribution in [2.45, 2.75) is 0 Å². The summed E-state index contributed by atoms with van der Waals surface area (Å²) in [6, 6.07) is 4.41. The molecule has 0 atom stereocenters. The lowest BCUT2D eigenvalue weighted by Crippen LogP contribution is -2.10. The molecule has 2 rings (SSSR count). The van der Waals surface area contributed by atoms with Crippen molar-refractivity contribution in [3.8, 4) is 5.75 Å². The number of pyridine rings is 1. The molecule has 0 fully saturated rings. The Kier molecular flexibility index (Phi) is 3.93. The van der Waals surface area contributed by atoms with Crippen LogP contribution in [0.25, 0.3) is 10.9 Å². The van der Waals surface area contributed by atoms with Crippen LogP contribution in [0.2, 0.25) is 0 Å². The van der Waals surface area contributed by atoms with E-state index < -0.39 is 11.9 Å². The van der Waals surface area contributed by atoms with Gasteiger partial charge in [-0.2, -0.15) is 0 Å². The molecule has 0 bridgehead atoms. The molecule has 2 aromatic rings. The average molecular weight is 290 g/mol. The van der Waals surface area contributed by atoms with Gasteiger partial charge in [-0.05, 0) is 12.1 Å². The van der Waals surface area contributed by atoms with Crippen LogP contribution in [0.15, 0.2) is 18.2 Å². The minimum absolute atomic E-state index is 0.0157. The van der Waals surface area contributed by atoms with Crippen molar-refractivity contribution in [2.24, 2.45) is 0 Å². The van der Waals surface area contributed by atoms with Gasteiger partial charge >= 0.3 is 11.9 Å². The lowest BCUT2D eigenvalue weighted by Gasteiger charge is -2.11. The van der Waals surface area contributed by atoms with E-state index >= 15 is 0 Å². The summed E-state index contributed by atoms with van der Waals surface area (Å²) in [5, 5.41) is 0.422. The van der Waals surface area contributed by atoms with Crippen molar-refractivity contribution in [1.82, 2.24) is 4.98 Å². The lowest BCUT2D eigenvalue weighted by atomic mass is 10.1. The van der Waals surface area contributed by atoms with Gasteiger partial charge in [0, 0.05) is 11.8 Å². The van der Waals surface area contributed by atoms with Crippen molar-refractivity contribution in [3.63, 3.8) is 0 Å². The molecule has 0 unspecified atom stereocenters. The third-order valence-electron chi connectivity index (χ3n) is 2.91. The van der Waals surface area contributed by atoms with E-state index in [2.05, 4.69) is 9.72 Å². The second-order valence-corrected chi connectivity index (χ2v) is 4.16. The van der Waals surface area contributed by atoms with E-state index in [0.29, 0.717) is 22.3 Å². The molecule has 0 saturated carbocycles. The fourth-order valence-corrected chi connectivity index (χ4v) is 1.99. The molecule has 0 radical (unpaired) electrons. The Morgan fingerprint density at radius 3 is 2.29 bits per heavy atom. The number of aromatic nitrogens is 1. The summed E-state index contributed by atoms with van der Waals surface area (Å²) in [6.07, 6.45) is 0. The maximum absolute atomic E-state index is 12.0. The Morgan fingerprint density at radius 2 is 1.71 bits per heavy atom. The second-order valence-electron chi connectivity index (χ2n) is 4.16. The molecule has 110 valence electrons. The van der Waals surface area contributed by atoms with E-state index in [-0.39, 0.29) is 11.3 Å². The Bertz CT molecular complexity index is 727. The van der Waals surface area contributed by atoms with Crippen molar-refractivity contribution in [1.29, 1.82) is 0 Å². The molecule has 7 nitrogen and oxygen atoms in total. The average Bonchev–Trinajstić information content (AvgIpc) is 2.50. The summed E-state index contributed by atoms with van der Waals surface area (Å²) in [5.74, 6) is -0.909. The number of fused-ring (bicyclic) bond motifs is 1. The minimum atomic E-state index is -0.663. The number of carbonyl (C=O) groups is 2. The van der Waals surface area contributed by atoms with E-state index in [1.54, 1.807) is 6.07 Å². The zero-order chi connectivity index (χ0) is 15.6. The molecule has 0 aliphatic carbocycles. The largest absolute Gasteiger partial charge is 0.496 e. The number of rotatable bonds is 3. The number of methoxy groups -OCH3 is 3. The van der Waals surface area contributed by atoms with E-state index in [1.807, 2.05) is 0 Å². The molecule has 0 amide bonds. The molecule has 1 heterocycles. The zero-order valence-corrected chi connectivity index (χ0v) is 11.8. The highest BCUT2D eigenvalue weighted by atomic mass is 16.5. The number of hydrogen-bond donors (Lipinski definition) is 1. The summed E-state index contributed by atoms with van der Waals surface area (Å²) < 4.78 is 14.6. The van der Waals surface area contributed by atoms with Gasteiger partial charge in [0.25, 0.3) is 0 Å². The van der Waals surface area contributed by atoms with Gasteiger partial charge in [0.2, 0.25) is 0 Å². The summed E-state index contributed by atoms with van der Waals surface area (Å²) in [5.41, 5.74) is 6.64. The number of hydrogen-bond acceptors (Lipinski definition) is 7. The van der Waals surface area contributed by atoms with Crippen LogP contribution in [0.4, 0.5) is 5.69 Å². The molecule has 0 saturated heterocycles. The number of nitrogen functional groups attached to an aromatic ring is 1. The number of ether oxygens (including phenoxy) is 3. The van der Waals surface area contributed by atoms with E-state index in [9.17, 15) is 9.59 Å². The predicted octanol–water partition coefficient (Wildman–Crippen LogP) is 1.40. The smallest absolute Gasteiger partial charge is 0.356 e. The molecule has 1 aromatic carbocycles. The summed E-state index contributed by atoms with van der Waals surface area (Å²) >= 11 is 0. The number of carbonyl (C=O) groups excluding carboxylic acids is 2. The maximum atomic E-state index is 12.0. The normalized spacial score (nSPS) is 10.2. The Labute approximate surface area is 120 Å². The van der Waals surface area contributed by atoms with Crippen LogP contribution in [0.5, 0.6) is 5.75 Å². The molecular weight excluding hydrogens is 276 g/mol. The van der Waals surface area contributed by atoms with E-state index in [4.69, 9.17) is 15.2 Å². The predicted molar refractivity (Wildman–Crippen MR) is 75.4 cm³/mol. The van der Waals surface area contributed by atoms with Gasteiger partial charge < -0.3 is 19.9 Å². The third kappa shape index (κ3) is 2.58. The Hall–Kier alpha value is -2.83. The first-order valence-corrected chi connectivity index (χ1v) is 5.96. The van der Waals surface area contributed by atoms with Gasteiger partial charge in [-0.3, -0.25) is 0 Å². The summed E-state index contributed by atoms with van der Waals surface area (Å²) in [6.45, 7) is 0. The van der Waals surface area contributed by atoms with Crippen LogP contribution >= 0.6 is 0 Å². The van der Waals surface area contributed by atoms with Crippen LogP contribution in [0.1, 0.15) is 20.8 Å². The zero-order valence-electron chi connectivity index (χ0n) is 11.8. The van der Waals surface area contributed by atoms with Gasteiger partial charge in [-0.25, -0.2) is 14.6 Å². The molecule has 0 aliphatic rings. The topological polar surface area (TPSA) is 101 Å². The Balaban J connectivity index is 2.87. The first-order valence-electron chi connectivity index (χ1n) is 5.96. The van der Waals surface area contributed by atoms with Crippen LogP contribution in [0, 0.1) is 0 Å². The van der Waals surface area contributed by atoms with Crippen LogP contribution in [-0.4, -0.2) is 38.3 Å². The number of esters is 2. The van der Waals surface area contributed by atoms with Crippen molar-refractivity contribution in [3.05, 3.63) is 29.5 Å².